The molecule has 1 aromatic rings. The van der Waals surface area contributed by atoms with Crippen molar-refractivity contribution in [3.05, 3.63) is 37.0 Å². The number of halogens is 1. The van der Waals surface area contributed by atoms with E-state index in [9.17, 15) is 0 Å². The van der Waals surface area contributed by atoms with Crippen LogP contribution >= 0.6 is 11.6 Å². The number of aromatic nitrogens is 1. The summed E-state index contributed by atoms with van der Waals surface area (Å²) in [5, 5.41) is 0.513. The van der Waals surface area contributed by atoms with E-state index in [2.05, 4.69) is 11.1 Å². The zero-order valence-electron chi connectivity index (χ0n) is 5.26. The van der Waals surface area contributed by atoms with Crippen molar-refractivity contribution in [3.63, 3.8) is 0 Å². The SMILES string of the molecule is Clc1cc[c-]cn1.[CH3-].[Zn+2]. The molecule has 1 heterocycles. The Hall–Kier alpha value is 0.0634. The maximum absolute atomic E-state index is 5.41. The number of hydrogen-bond acceptors (Lipinski definition) is 1. The zero-order valence-corrected chi connectivity index (χ0v) is 8.99. The van der Waals surface area contributed by atoms with Crippen LogP contribution in [0, 0.1) is 13.5 Å². The number of hydrogen-bond donors (Lipinski definition) is 0. The van der Waals surface area contributed by atoms with Crippen LogP contribution in [0.5, 0.6) is 0 Å². The Labute approximate surface area is 73.2 Å². The number of rotatable bonds is 0. The van der Waals surface area contributed by atoms with Gasteiger partial charge in [0, 0.05) is 5.15 Å². The molecule has 0 saturated heterocycles. The second kappa shape index (κ2) is 6.19. The van der Waals surface area contributed by atoms with Gasteiger partial charge in [0.25, 0.3) is 0 Å². The van der Waals surface area contributed by atoms with E-state index in [1.54, 1.807) is 12.1 Å². The fourth-order valence-corrected chi connectivity index (χ4v) is 0.414. The molecule has 1 rings (SSSR count). The van der Waals surface area contributed by atoms with Crippen molar-refractivity contribution in [2.75, 3.05) is 0 Å². The van der Waals surface area contributed by atoms with Gasteiger partial charge in [-0.15, -0.1) is 0 Å². The normalized spacial score (nSPS) is 6.78. The molecule has 0 saturated carbocycles. The molecule has 0 unspecified atom stereocenters. The minimum absolute atomic E-state index is 0. The van der Waals surface area contributed by atoms with E-state index in [-0.39, 0.29) is 26.9 Å². The van der Waals surface area contributed by atoms with Crippen LogP contribution < -0.4 is 0 Å². The first-order valence-corrected chi connectivity index (χ1v) is 2.25. The van der Waals surface area contributed by atoms with Crippen LogP contribution in [0.4, 0.5) is 0 Å². The molecule has 0 spiro atoms. The third kappa shape index (κ3) is 4.56. The van der Waals surface area contributed by atoms with Gasteiger partial charge in [-0.05, 0) is 0 Å². The molecule has 0 N–H and O–H groups in total. The van der Waals surface area contributed by atoms with Crippen molar-refractivity contribution in [3.8, 4) is 0 Å². The zero-order chi connectivity index (χ0) is 5.11. The summed E-state index contributed by atoms with van der Waals surface area (Å²) in [6, 6.07) is 6.14. The predicted octanol–water partition coefficient (Wildman–Crippen LogP) is 1.98. The third-order valence-electron chi connectivity index (χ3n) is 0.580. The Morgan fingerprint density at radius 2 is 2.22 bits per heavy atom. The van der Waals surface area contributed by atoms with Crippen molar-refractivity contribution >= 4 is 11.6 Å². The fraction of sp³-hybridized carbons (Fsp3) is 0. The van der Waals surface area contributed by atoms with Crippen LogP contribution in [0.15, 0.2) is 18.3 Å². The first kappa shape index (κ1) is 11.8. The molecule has 0 radical (unpaired) electrons. The summed E-state index contributed by atoms with van der Waals surface area (Å²) in [5.74, 6) is 0. The van der Waals surface area contributed by atoms with Gasteiger partial charge in [0.2, 0.25) is 0 Å². The van der Waals surface area contributed by atoms with Crippen LogP contribution in [-0.4, -0.2) is 4.98 Å². The van der Waals surface area contributed by atoms with Crippen molar-refractivity contribution in [1.82, 2.24) is 4.98 Å². The van der Waals surface area contributed by atoms with Crippen LogP contribution in [-0.2, 0) is 19.5 Å². The molecule has 0 bridgehead atoms. The molecule has 0 aliphatic carbocycles. The van der Waals surface area contributed by atoms with Crippen molar-refractivity contribution in [2.45, 2.75) is 0 Å². The molecular weight excluding hydrogens is 187 g/mol. The van der Waals surface area contributed by atoms with E-state index >= 15 is 0 Å². The van der Waals surface area contributed by atoms with Crippen molar-refractivity contribution < 1.29 is 19.5 Å². The molecule has 9 heavy (non-hydrogen) atoms. The van der Waals surface area contributed by atoms with Crippen LogP contribution in [0.1, 0.15) is 0 Å². The Balaban J connectivity index is 0. The molecule has 0 aliphatic rings. The second-order valence-electron chi connectivity index (χ2n) is 1.08. The molecule has 1 nitrogen and oxygen atoms in total. The Kier molecular flexibility index (Phi) is 8.12. The fourth-order valence-electron chi connectivity index (χ4n) is 0.302. The summed E-state index contributed by atoms with van der Waals surface area (Å²) in [6.45, 7) is 0. The van der Waals surface area contributed by atoms with E-state index in [0.717, 1.165) is 0 Å². The van der Waals surface area contributed by atoms with Gasteiger partial charge in [-0.1, -0.05) is 17.8 Å². The summed E-state index contributed by atoms with van der Waals surface area (Å²) in [5.41, 5.74) is 0. The first-order chi connectivity index (χ1) is 3.39. The topological polar surface area (TPSA) is 12.9 Å². The van der Waals surface area contributed by atoms with E-state index in [0.29, 0.717) is 5.15 Å². The summed E-state index contributed by atoms with van der Waals surface area (Å²) in [6.07, 6.45) is 1.53. The molecule has 0 aliphatic heterocycles. The van der Waals surface area contributed by atoms with Gasteiger partial charge in [0.05, 0.1) is 0 Å². The van der Waals surface area contributed by atoms with Gasteiger partial charge in [-0.2, -0.15) is 6.07 Å². The van der Waals surface area contributed by atoms with Gasteiger partial charge in [-0.3, -0.25) is 4.98 Å². The van der Waals surface area contributed by atoms with Gasteiger partial charge < -0.3 is 7.43 Å². The second-order valence-corrected chi connectivity index (χ2v) is 1.47. The summed E-state index contributed by atoms with van der Waals surface area (Å²) in [7, 11) is 0. The number of pyridine rings is 1. The van der Waals surface area contributed by atoms with Gasteiger partial charge >= 0.3 is 19.5 Å². The molecule has 1 aromatic heterocycles. The molecule has 0 atom stereocenters. The average Bonchev–Trinajstić information content (AvgIpc) is 1.69. The first-order valence-electron chi connectivity index (χ1n) is 1.87. The van der Waals surface area contributed by atoms with E-state index < -0.39 is 0 Å². The number of nitrogens with zero attached hydrogens (tertiary/aromatic N) is 1. The van der Waals surface area contributed by atoms with Gasteiger partial charge in [0.1, 0.15) is 0 Å². The molecule has 44 valence electrons. The van der Waals surface area contributed by atoms with E-state index in [4.69, 9.17) is 11.6 Å². The summed E-state index contributed by atoms with van der Waals surface area (Å²) >= 11 is 5.41. The summed E-state index contributed by atoms with van der Waals surface area (Å²) < 4.78 is 0. The molecule has 3 heteroatoms. The van der Waals surface area contributed by atoms with Crippen LogP contribution in [0.25, 0.3) is 0 Å². The summed E-state index contributed by atoms with van der Waals surface area (Å²) in [4.78, 5) is 3.69. The van der Waals surface area contributed by atoms with Gasteiger partial charge in [-0.25, -0.2) is 12.1 Å². The predicted molar refractivity (Wildman–Crippen MR) is 34.5 cm³/mol. The van der Waals surface area contributed by atoms with Crippen LogP contribution in [0.2, 0.25) is 5.15 Å². The largest absolute Gasteiger partial charge is 2.00 e. The minimum Gasteiger partial charge on any atom is -0.358 e. The quantitative estimate of drug-likeness (QED) is 0.348. The Morgan fingerprint density at radius 3 is 2.44 bits per heavy atom. The van der Waals surface area contributed by atoms with Crippen LogP contribution in [0.3, 0.4) is 0 Å². The smallest absolute Gasteiger partial charge is 0.358 e. The minimum atomic E-state index is 0. The Morgan fingerprint density at radius 1 is 1.56 bits per heavy atom. The molecule has 0 fully saturated rings. The average molecular weight is 193 g/mol. The molecule has 0 aromatic carbocycles. The maximum atomic E-state index is 5.41. The standard InChI is InChI=1S/C5H3ClN.CH3.Zn/c6-5-3-1-2-4-7-5;;/h1,3-4H;1H3;/q2*-1;+2. The Bertz CT molecular complexity index is 143. The van der Waals surface area contributed by atoms with Gasteiger partial charge in [0.15, 0.2) is 0 Å². The van der Waals surface area contributed by atoms with Crippen molar-refractivity contribution in [2.24, 2.45) is 0 Å². The maximum Gasteiger partial charge on any atom is 2.00 e. The molecular formula is C6H6ClNZn. The monoisotopic (exact) mass is 191 g/mol. The van der Waals surface area contributed by atoms with E-state index in [1.807, 2.05) is 0 Å². The van der Waals surface area contributed by atoms with Crippen molar-refractivity contribution in [1.29, 1.82) is 0 Å². The van der Waals surface area contributed by atoms with E-state index in [1.165, 1.54) is 6.20 Å². The molecule has 0 amide bonds. The third-order valence-corrected chi connectivity index (χ3v) is 0.803.